The fraction of sp³-hybridized carbons (Fsp3) is 0.591. The van der Waals surface area contributed by atoms with E-state index in [-0.39, 0.29) is 31.4 Å². The van der Waals surface area contributed by atoms with Gasteiger partial charge in [-0.25, -0.2) is 4.79 Å². The van der Waals surface area contributed by atoms with Crippen LogP contribution in [0.3, 0.4) is 0 Å². The van der Waals surface area contributed by atoms with Crippen molar-refractivity contribution in [3.8, 4) is 0 Å². The molecule has 0 radical (unpaired) electrons. The SMILES string of the molecule is CC(C)C[C@@H](NC(=O)[C@H](Cc1ccccc1)NC(=O)OC(C)(C)C)C(=O)NCCO. The Kier molecular flexibility index (Phi) is 10.3. The van der Waals surface area contributed by atoms with Crippen molar-refractivity contribution in [1.29, 1.82) is 0 Å². The van der Waals surface area contributed by atoms with E-state index >= 15 is 0 Å². The van der Waals surface area contributed by atoms with E-state index in [4.69, 9.17) is 9.84 Å². The fourth-order valence-electron chi connectivity index (χ4n) is 2.79. The minimum Gasteiger partial charge on any atom is -0.444 e. The van der Waals surface area contributed by atoms with Crippen LogP contribution in [0, 0.1) is 5.92 Å². The molecule has 0 aromatic heterocycles. The Morgan fingerprint density at radius 3 is 2.17 bits per heavy atom. The van der Waals surface area contributed by atoms with Crippen LogP contribution in [0.2, 0.25) is 0 Å². The van der Waals surface area contributed by atoms with Gasteiger partial charge in [0, 0.05) is 13.0 Å². The summed E-state index contributed by atoms with van der Waals surface area (Å²) in [6.07, 6.45) is -0.0322. The topological polar surface area (TPSA) is 117 Å². The predicted molar refractivity (Wildman–Crippen MR) is 115 cm³/mol. The van der Waals surface area contributed by atoms with Gasteiger partial charge in [0.15, 0.2) is 0 Å². The number of hydrogen-bond donors (Lipinski definition) is 4. The second kappa shape index (κ2) is 12.2. The van der Waals surface area contributed by atoms with Gasteiger partial charge in [-0.05, 0) is 38.7 Å². The molecule has 1 rings (SSSR count). The number of hydrogen-bond acceptors (Lipinski definition) is 5. The van der Waals surface area contributed by atoms with Crippen molar-refractivity contribution in [1.82, 2.24) is 16.0 Å². The zero-order chi connectivity index (χ0) is 22.7. The highest BCUT2D eigenvalue weighted by Gasteiger charge is 2.29. The Hall–Kier alpha value is -2.61. The first kappa shape index (κ1) is 25.4. The maximum absolute atomic E-state index is 13.0. The summed E-state index contributed by atoms with van der Waals surface area (Å²) < 4.78 is 5.29. The second-order valence-electron chi connectivity index (χ2n) is 8.59. The minimum absolute atomic E-state index is 0.104. The van der Waals surface area contributed by atoms with E-state index in [0.29, 0.717) is 6.42 Å². The van der Waals surface area contributed by atoms with Crippen LogP contribution >= 0.6 is 0 Å². The Balaban J connectivity index is 2.96. The highest BCUT2D eigenvalue weighted by atomic mass is 16.6. The molecule has 0 bridgehead atoms. The molecule has 8 heteroatoms. The lowest BCUT2D eigenvalue weighted by Gasteiger charge is -2.26. The number of nitrogens with one attached hydrogen (secondary N) is 3. The monoisotopic (exact) mass is 421 g/mol. The van der Waals surface area contributed by atoms with Crippen LogP contribution in [0.4, 0.5) is 4.79 Å². The highest BCUT2D eigenvalue weighted by Crippen LogP contribution is 2.10. The number of alkyl carbamates (subject to hydrolysis) is 1. The van der Waals surface area contributed by atoms with Gasteiger partial charge in [0.2, 0.25) is 11.8 Å². The number of carbonyl (C=O) groups excluding carboxylic acids is 3. The van der Waals surface area contributed by atoms with Crippen LogP contribution in [0.15, 0.2) is 30.3 Å². The van der Waals surface area contributed by atoms with Crippen LogP contribution in [0.25, 0.3) is 0 Å². The average Bonchev–Trinajstić information content (AvgIpc) is 2.64. The van der Waals surface area contributed by atoms with Crippen LogP contribution < -0.4 is 16.0 Å². The number of carbonyl (C=O) groups is 3. The van der Waals surface area contributed by atoms with Gasteiger partial charge in [-0.2, -0.15) is 0 Å². The summed E-state index contributed by atoms with van der Waals surface area (Å²) in [5.74, 6) is -0.696. The van der Waals surface area contributed by atoms with Crippen molar-refractivity contribution in [3.63, 3.8) is 0 Å². The molecule has 0 saturated carbocycles. The Morgan fingerprint density at radius 1 is 1.00 bits per heavy atom. The van der Waals surface area contributed by atoms with Crippen LogP contribution in [0.1, 0.15) is 46.6 Å². The molecule has 0 aliphatic rings. The molecular formula is C22H35N3O5. The van der Waals surface area contributed by atoms with Crippen molar-refractivity contribution < 1.29 is 24.2 Å². The van der Waals surface area contributed by atoms with Gasteiger partial charge in [0.05, 0.1) is 6.61 Å². The van der Waals surface area contributed by atoms with E-state index < -0.39 is 29.7 Å². The number of aliphatic hydroxyl groups is 1. The van der Waals surface area contributed by atoms with Gasteiger partial charge in [-0.1, -0.05) is 44.2 Å². The van der Waals surface area contributed by atoms with Gasteiger partial charge >= 0.3 is 6.09 Å². The molecular weight excluding hydrogens is 386 g/mol. The number of rotatable bonds is 10. The van der Waals surface area contributed by atoms with Gasteiger partial charge in [0.1, 0.15) is 17.7 Å². The molecule has 0 saturated heterocycles. The average molecular weight is 422 g/mol. The van der Waals surface area contributed by atoms with Gasteiger partial charge in [-0.15, -0.1) is 0 Å². The summed E-state index contributed by atoms with van der Waals surface area (Å²) in [6, 6.07) is 7.59. The molecule has 0 unspecified atom stereocenters. The van der Waals surface area contributed by atoms with E-state index in [9.17, 15) is 14.4 Å². The van der Waals surface area contributed by atoms with E-state index in [2.05, 4.69) is 16.0 Å². The zero-order valence-electron chi connectivity index (χ0n) is 18.5. The Labute approximate surface area is 178 Å². The summed E-state index contributed by atoms with van der Waals surface area (Å²) in [6.45, 7) is 9.02. The lowest BCUT2D eigenvalue weighted by atomic mass is 10.0. The van der Waals surface area contributed by atoms with E-state index in [1.54, 1.807) is 20.8 Å². The number of benzene rings is 1. The molecule has 2 atom stereocenters. The summed E-state index contributed by atoms with van der Waals surface area (Å²) in [5.41, 5.74) is 0.154. The Bertz CT molecular complexity index is 686. The second-order valence-corrected chi connectivity index (χ2v) is 8.59. The molecule has 4 N–H and O–H groups in total. The largest absolute Gasteiger partial charge is 0.444 e. The standard InChI is InChI=1S/C22H35N3O5/c1-15(2)13-17(19(27)23-11-12-26)24-20(28)18(14-16-9-7-6-8-10-16)25-21(29)30-22(3,4)5/h6-10,15,17-18,26H,11-14H2,1-5H3,(H,23,27)(H,24,28)(H,25,29)/t17-,18+/m1/s1. The highest BCUT2D eigenvalue weighted by molar-refractivity contribution is 5.91. The first-order valence-electron chi connectivity index (χ1n) is 10.2. The fourth-order valence-corrected chi connectivity index (χ4v) is 2.79. The van der Waals surface area contributed by atoms with Crippen molar-refractivity contribution in [3.05, 3.63) is 35.9 Å². The third kappa shape index (κ3) is 10.2. The maximum atomic E-state index is 13.0. The normalized spacial score (nSPS) is 13.3. The molecule has 3 amide bonds. The number of amides is 3. The maximum Gasteiger partial charge on any atom is 0.408 e. The van der Waals surface area contributed by atoms with Crippen molar-refractivity contribution >= 4 is 17.9 Å². The van der Waals surface area contributed by atoms with Crippen molar-refractivity contribution in [2.75, 3.05) is 13.2 Å². The summed E-state index contributed by atoms with van der Waals surface area (Å²) in [4.78, 5) is 37.7. The van der Waals surface area contributed by atoms with Gasteiger partial charge in [-0.3, -0.25) is 9.59 Å². The number of aliphatic hydroxyl groups excluding tert-OH is 1. The first-order chi connectivity index (χ1) is 14.0. The zero-order valence-corrected chi connectivity index (χ0v) is 18.5. The molecule has 0 aliphatic heterocycles. The molecule has 1 aromatic rings. The van der Waals surface area contributed by atoms with Crippen LogP contribution in [0.5, 0.6) is 0 Å². The first-order valence-corrected chi connectivity index (χ1v) is 10.2. The molecule has 0 spiro atoms. The van der Waals surface area contributed by atoms with Gasteiger partial charge < -0.3 is 25.8 Å². The van der Waals surface area contributed by atoms with Gasteiger partial charge in [0.25, 0.3) is 0 Å². The predicted octanol–water partition coefficient (Wildman–Crippen LogP) is 1.76. The molecule has 8 nitrogen and oxygen atoms in total. The van der Waals surface area contributed by atoms with E-state index in [1.165, 1.54) is 0 Å². The summed E-state index contributed by atoms with van der Waals surface area (Å²) >= 11 is 0. The third-order valence-corrected chi connectivity index (χ3v) is 4.04. The van der Waals surface area contributed by atoms with Crippen molar-refractivity contribution in [2.45, 2.75) is 65.1 Å². The van der Waals surface area contributed by atoms with E-state index in [0.717, 1.165) is 5.56 Å². The minimum atomic E-state index is -0.914. The molecule has 30 heavy (non-hydrogen) atoms. The summed E-state index contributed by atoms with van der Waals surface area (Å²) in [7, 11) is 0. The molecule has 1 aromatic carbocycles. The quantitative estimate of drug-likeness (QED) is 0.459. The summed E-state index contributed by atoms with van der Waals surface area (Å²) in [5, 5.41) is 16.9. The smallest absolute Gasteiger partial charge is 0.408 e. The lowest BCUT2D eigenvalue weighted by molar-refractivity contribution is -0.130. The van der Waals surface area contributed by atoms with E-state index in [1.807, 2.05) is 44.2 Å². The van der Waals surface area contributed by atoms with Crippen molar-refractivity contribution in [2.24, 2.45) is 5.92 Å². The molecule has 0 fully saturated rings. The number of ether oxygens (including phenoxy) is 1. The van der Waals surface area contributed by atoms with Crippen LogP contribution in [-0.4, -0.2) is 53.9 Å². The Morgan fingerprint density at radius 2 is 1.63 bits per heavy atom. The molecule has 0 heterocycles. The van der Waals surface area contributed by atoms with Crippen LogP contribution in [-0.2, 0) is 20.7 Å². The molecule has 0 aliphatic carbocycles. The third-order valence-electron chi connectivity index (χ3n) is 4.04. The molecule has 168 valence electrons. The lowest BCUT2D eigenvalue weighted by Crippen LogP contribution is -2.55.